The molecule has 1 unspecified atom stereocenters. The van der Waals surface area contributed by atoms with Crippen LogP contribution in [0.15, 0.2) is 18.5 Å². The zero-order valence-corrected chi connectivity index (χ0v) is 9.75. The Morgan fingerprint density at radius 3 is 2.80 bits per heavy atom. The van der Waals surface area contributed by atoms with Crippen LogP contribution in [0.2, 0.25) is 0 Å². The lowest BCUT2D eigenvalue weighted by atomic mass is 9.99. The van der Waals surface area contributed by atoms with Gasteiger partial charge in [-0.15, -0.1) is 0 Å². The van der Waals surface area contributed by atoms with E-state index in [9.17, 15) is 5.11 Å². The lowest BCUT2D eigenvalue weighted by Crippen LogP contribution is -2.44. The molecule has 1 heterocycles. The maximum atomic E-state index is 9.25. The number of aromatic nitrogens is 1. The first-order chi connectivity index (χ1) is 7.11. The SMILES string of the molecule is CCC(C)(CO)NCc1cnccc1C. The Bertz CT molecular complexity index is 308. The van der Waals surface area contributed by atoms with E-state index in [-0.39, 0.29) is 12.1 Å². The highest BCUT2D eigenvalue weighted by Crippen LogP contribution is 2.11. The van der Waals surface area contributed by atoms with Gasteiger partial charge in [-0.2, -0.15) is 0 Å². The van der Waals surface area contributed by atoms with Crippen molar-refractivity contribution in [2.24, 2.45) is 0 Å². The van der Waals surface area contributed by atoms with Crippen LogP contribution in [0.1, 0.15) is 31.4 Å². The number of nitrogens with zero attached hydrogens (tertiary/aromatic N) is 1. The largest absolute Gasteiger partial charge is 0.394 e. The second kappa shape index (κ2) is 5.24. The summed E-state index contributed by atoms with van der Waals surface area (Å²) in [6.45, 7) is 7.08. The summed E-state index contributed by atoms with van der Waals surface area (Å²) in [6.07, 6.45) is 4.57. The van der Waals surface area contributed by atoms with Crippen LogP contribution in [0.25, 0.3) is 0 Å². The van der Waals surface area contributed by atoms with Crippen molar-refractivity contribution >= 4 is 0 Å². The Kier molecular flexibility index (Phi) is 4.24. The lowest BCUT2D eigenvalue weighted by Gasteiger charge is -2.27. The zero-order valence-electron chi connectivity index (χ0n) is 9.75. The third-order valence-electron chi connectivity index (χ3n) is 2.98. The quantitative estimate of drug-likeness (QED) is 0.773. The van der Waals surface area contributed by atoms with Crippen molar-refractivity contribution < 1.29 is 5.11 Å². The van der Waals surface area contributed by atoms with E-state index in [0.29, 0.717) is 0 Å². The van der Waals surface area contributed by atoms with Crippen molar-refractivity contribution in [3.05, 3.63) is 29.6 Å². The van der Waals surface area contributed by atoms with Gasteiger partial charge in [0, 0.05) is 24.5 Å². The minimum Gasteiger partial charge on any atom is -0.394 e. The molecule has 0 radical (unpaired) electrons. The van der Waals surface area contributed by atoms with Gasteiger partial charge in [0.2, 0.25) is 0 Å². The van der Waals surface area contributed by atoms with Gasteiger partial charge in [-0.3, -0.25) is 4.98 Å². The topological polar surface area (TPSA) is 45.1 Å². The number of pyridine rings is 1. The molecule has 1 rings (SSSR count). The van der Waals surface area contributed by atoms with Crippen molar-refractivity contribution in [1.29, 1.82) is 0 Å². The summed E-state index contributed by atoms with van der Waals surface area (Å²) >= 11 is 0. The molecule has 1 aromatic heterocycles. The third-order valence-corrected chi connectivity index (χ3v) is 2.98. The van der Waals surface area contributed by atoms with Crippen LogP contribution in [0.5, 0.6) is 0 Å². The molecule has 15 heavy (non-hydrogen) atoms. The maximum Gasteiger partial charge on any atom is 0.0610 e. The van der Waals surface area contributed by atoms with E-state index in [2.05, 4.69) is 24.1 Å². The smallest absolute Gasteiger partial charge is 0.0610 e. The van der Waals surface area contributed by atoms with Crippen molar-refractivity contribution in [2.75, 3.05) is 6.61 Å². The van der Waals surface area contributed by atoms with Gasteiger partial charge in [0.1, 0.15) is 0 Å². The van der Waals surface area contributed by atoms with Crippen molar-refractivity contribution in [1.82, 2.24) is 10.3 Å². The van der Waals surface area contributed by atoms with Crippen LogP contribution in [-0.4, -0.2) is 22.2 Å². The predicted molar refractivity (Wildman–Crippen MR) is 61.6 cm³/mol. The van der Waals surface area contributed by atoms with E-state index >= 15 is 0 Å². The monoisotopic (exact) mass is 208 g/mol. The van der Waals surface area contributed by atoms with Crippen molar-refractivity contribution in [3.8, 4) is 0 Å². The molecule has 2 N–H and O–H groups in total. The summed E-state index contributed by atoms with van der Waals surface area (Å²) in [4.78, 5) is 4.10. The first kappa shape index (κ1) is 12.1. The van der Waals surface area contributed by atoms with Gasteiger partial charge in [-0.05, 0) is 37.5 Å². The zero-order chi connectivity index (χ0) is 11.3. The van der Waals surface area contributed by atoms with E-state index in [1.54, 1.807) is 6.20 Å². The second-order valence-electron chi connectivity index (χ2n) is 4.23. The summed E-state index contributed by atoms with van der Waals surface area (Å²) in [5.74, 6) is 0. The first-order valence-electron chi connectivity index (χ1n) is 5.36. The highest BCUT2D eigenvalue weighted by atomic mass is 16.3. The summed E-state index contributed by atoms with van der Waals surface area (Å²) < 4.78 is 0. The van der Waals surface area contributed by atoms with Gasteiger partial charge in [0.15, 0.2) is 0 Å². The number of hydrogen-bond acceptors (Lipinski definition) is 3. The molecule has 0 fully saturated rings. The average molecular weight is 208 g/mol. The Morgan fingerprint density at radius 2 is 2.27 bits per heavy atom. The Balaban J connectivity index is 2.61. The fraction of sp³-hybridized carbons (Fsp3) is 0.583. The number of hydrogen-bond donors (Lipinski definition) is 2. The molecule has 0 spiro atoms. The van der Waals surface area contributed by atoms with Crippen LogP contribution in [0.3, 0.4) is 0 Å². The van der Waals surface area contributed by atoms with E-state index < -0.39 is 0 Å². The minimum atomic E-state index is -0.192. The van der Waals surface area contributed by atoms with Crippen LogP contribution in [0, 0.1) is 6.92 Å². The van der Waals surface area contributed by atoms with Crippen molar-refractivity contribution in [3.63, 3.8) is 0 Å². The summed E-state index contributed by atoms with van der Waals surface area (Å²) in [5, 5.41) is 12.6. The second-order valence-corrected chi connectivity index (χ2v) is 4.23. The predicted octanol–water partition coefficient (Wildman–Crippen LogP) is 1.64. The number of aliphatic hydroxyl groups is 1. The standard InChI is InChI=1S/C12H20N2O/c1-4-12(3,9-15)14-8-11-7-13-6-5-10(11)2/h5-7,14-15H,4,8-9H2,1-3H3. The highest BCUT2D eigenvalue weighted by molar-refractivity contribution is 5.21. The van der Waals surface area contributed by atoms with Crippen LogP contribution < -0.4 is 5.32 Å². The molecule has 0 aliphatic heterocycles. The van der Waals surface area contributed by atoms with Crippen LogP contribution >= 0.6 is 0 Å². The van der Waals surface area contributed by atoms with E-state index in [0.717, 1.165) is 13.0 Å². The van der Waals surface area contributed by atoms with Crippen LogP contribution in [0.4, 0.5) is 0 Å². The maximum absolute atomic E-state index is 9.25. The molecule has 0 aliphatic rings. The van der Waals surface area contributed by atoms with Crippen LogP contribution in [-0.2, 0) is 6.54 Å². The lowest BCUT2D eigenvalue weighted by molar-refractivity contribution is 0.169. The molecular formula is C12H20N2O. The summed E-state index contributed by atoms with van der Waals surface area (Å²) in [5.41, 5.74) is 2.22. The molecule has 0 saturated heterocycles. The molecule has 3 heteroatoms. The number of rotatable bonds is 5. The molecule has 0 aliphatic carbocycles. The molecule has 3 nitrogen and oxygen atoms in total. The fourth-order valence-electron chi connectivity index (χ4n) is 1.28. The highest BCUT2D eigenvalue weighted by Gasteiger charge is 2.19. The molecule has 0 bridgehead atoms. The van der Waals surface area contributed by atoms with E-state index in [1.807, 2.05) is 19.2 Å². The Morgan fingerprint density at radius 1 is 1.53 bits per heavy atom. The molecule has 0 amide bonds. The van der Waals surface area contributed by atoms with Crippen molar-refractivity contribution in [2.45, 2.75) is 39.3 Å². The van der Waals surface area contributed by atoms with E-state index in [1.165, 1.54) is 11.1 Å². The average Bonchev–Trinajstić information content (AvgIpc) is 2.28. The number of aliphatic hydroxyl groups excluding tert-OH is 1. The molecule has 1 aromatic rings. The van der Waals surface area contributed by atoms with Gasteiger partial charge in [-0.25, -0.2) is 0 Å². The molecule has 1 atom stereocenters. The van der Waals surface area contributed by atoms with Gasteiger partial charge >= 0.3 is 0 Å². The molecule has 0 saturated carbocycles. The van der Waals surface area contributed by atoms with Gasteiger partial charge in [-0.1, -0.05) is 6.92 Å². The van der Waals surface area contributed by atoms with Gasteiger partial charge < -0.3 is 10.4 Å². The Labute approximate surface area is 91.5 Å². The first-order valence-corrected chi connectivity index (χ1v) is 5.36. The fourth-order valence-corrected chi connectivity index (χ4v) is 1.28. The Hall–Kier alpha value is -0.930. The summed E-state index contributed by atoms with van der Waals surface area (Å²) in [6, 6.07) is 2.00. The third kappa shape index (κ3) is 3.29. The normalized spacial score (nSPS) is 14.9. The number of aryl methyl sites for hydroxylation is 1. The molecule has 84 valence electrons. The van der Waals surface area contributed by atoms with Gasteiger partial charge in [0.25, 0.3) is 0 Å². The molecule has 0 aromatic carbocycles. The van der Waals surface area contributed by atoms with Gasteiger partial charge in [0.05, 0.1) is 6.61 Å². The minimum absolute atomic E-state index is 0.156. The number of nitrogens with one attached hydrogen (secondary N) is 1. The summed E-state index contributed by atoms with van der Waals surface area (Å²) in [7, 11) is 0. The molecular weight excluding hydrogens is 188 g/mol. The van der Waals surface area contributed by atoms with E-state index in [4.69, 9.17) is 0 Å².